The van der Waals surface area contributed by atoms with E-state index >= 15 is 0 Å². The molecule has 6 nitrogen and oxygen atoms in total. The van der Waals surface area contributed by atoms with Crippen LogP contribution in [0.25, 0.3) is 0 Å². The molecule has 0 amide bonds. The molecule has 1 N–H and O–H groups in total. The van der Waals surface area contributed by atoms with Crippen molar-refractivity contribution < 1.29 is 9.53 Å². The van der Waals surface area contributed by atoms with Crippen molar-refractivity contribution >= 4 is 23.4 Å². The zero-order chi connectivity index (χ0) is 17.5. The molecule has 7 heteroatoms. The number of aromatic nitrogens is 2. The summed E-state index contributed by atoms with van der Waals surface area (Å²) >= 11 is 6.43. The molecule has 3 rings (SSSR count). The van der Waals surface area contributed by atoms with E-state index in [4.69, 9.17) is 16.3 Å². The molecule has 1 aliphatic heterocycles. The van der Waals surface area contributed by atoms with E-state index in [1.54, 1.807) is 6.08 Å². The molecule has 1 aliphatic carbocycles. The first-order chi connectivity index (χ1) is 11.4. The minimum Gasteiger partial charge on any atom is -0.467 e. The molecule has 1 aromatic heterocycles. The first kappa shape index (κ1) is 17.0. The number of rotatable bonds is 5. The average Bonchev–Trinajstić information content (AvgIpc) is 2.81. The Bertz CT molecular complexity index is 741. The third-order valence-corrected chi connectivity index (χ3v) is 5.37. The summed E-state index contributed by atoms with van der Waals surface area (Å²) in [6.07, 6.45) is 5.96. The van der Waals surface area contributed by atoms with Gasteiger partial charge < -0.3 is 10.1 Å². The summed E-state index contributed by atoms with van der Waals surface area (Å²) in [5.41, 5.74) is -0.202. The molecule has 0 spiro atoms. The number of methoxy groups -OCH3 is 1. The van der Waals surface area contributed by atoms with Gasteiger partial charge in [-0.3, -0.25) is 9.36 Å². The molecule has 0 aromatic carbocycles. The van der Waals surface area contributed by atoms with Gasteiger partial charge in [0.1, 0.15) is 6.04 Å². The van der Waals surface area contributed by atoms with E-state index in [1.165, 1.54) is 11.7 Å². The fourth-order valence-electron chi connectivity index (χ4n) is 3.63. The highest BCUT2D eigenvalue weighted by Gasteiger charge is 2.46. The number of ether oxygens (including phenoxy) is 1. The van der Waals surface area contributed by atoms with Crippen molar-refractivity contribution in [3.8, 4) is 0 Å². The van der Waals surface area contributed by atoms with Gasteiger partial charge in [-0.25, -0.2) is 9.78 Å². The van der Waals surface area contributed by atoms with Gasteiger partial charge in [0, 0.05) is 11.5 Å². The van der Waals surface area contributed by atoms with Crippen molar-refractivity contribution in [3.63, 3.8) is 0 Å². The van der Waals surface area contributed by atoms with E-state index in [2.05, 4.69) is 16.9 Å². The Balaban J connectivity index is 2.13. The van der Waals surface area contributed by atoms with Crippen LogP contribution in [0.15, 0.2) is 17.4 Å². The third-order valence-electron chi connectivity index (χ3n) is 5.11. The van der Waals surface area contributed by atoms with E-state index in [-0.39, 0.29) is 22.6 Å². The summed E-state index contributed by atoms with van der Waals surface area (Å²) in [5.74, 6) is -0.229. The number of esters is 1. The Morgan fingerprint density at radius 1 is 1.58 bits per heavy atom. The van der Waals surface area contributed by atoms with Gasteiger partial charge in [0.15, 0.2) is 11.0 Å². The normalized spacial score (nSPS) is 25.7. The van der Waals surface area contributed by atoms with Crippen LogP contribution in [0.3, 0.4) is 0 Å². The monoisotopic (exact) mass is 351 g/mol. The van der Waals surface area contributed by atoms with Crippen LogP contribution in [0.5, 0.6) is 0 Å². The summed E-state index contributed by atoms with van der Waals surface area (Å²) < 4.78 is 6.37. The van der Waals surface area contributed by atoms with Crippen LogP contribution in [0.4, 0.5) is 5.82 Å². The number of nitrogens with one attached hydrogen (secondary N) is 1. The van der Waals surface area contributed by atoms with Crippen molar-refractivity contribution in [2.45, 2.75) is 56.5 Å². The zero-order valence-electron chi connectivity index (χ0n) is 14.0. The Morgan fingerprint density at radius 3 is 2.83 bits per heavy atom. The van der Waals surface area contributed by atoms with E-state index in [0.717, 1.165) is 19.3 Å². The number of fused-ring (bicyclic) bond motifs is 1. The van der Waals surface area contributed by atoms with Crippen molar-refractivity contribution in [1.29, 1.82) is 0 Å². The predicted octanol–water partition coefficient (Wildman–Crippen LogP) is 2.81. The molecule has 0 saturated heterocycles. The van der Waals surface area contributed by atoms with Gasteiger partial charge in [0.25, 0.3) is 5.56 Å². The molecule has 1 aromatic rings. The molecule has 0 radical (unpaired) electrons. The van der Waals surface area contributed by atoms with Gasteiger partial charge in [0.2, 0.25) is 0 Å². The lowest BCUT2D eigenvalue weighted by molar-refractivity contribution is -0.144. The van der Waals surface area contributed by atoms with Crippen molar-refractivity contribution in [3.05, 3.63) is 33.9 Å². The Hall–Kier alpha value is -1.82. The standard InChI is InChI=1S/C17H22ClN3O3/c1-4-8-17(2)9-11(16(23)24-3)21-12(17)13(18)20-14(15(21)22)19-10-6-5-7-10/h4,10-11H,1,5-9H2,2-3H3,(H,19,20)/t11-,17+/m0/s1. The second-order valence-electron chi connectivity index (χ2n) is 6.84. The van der Waals surface area contributed by atoms with Crippen LogP contribution in [-0.4, -0.2) is 28.7 Å². The minimum absolute atomic E-state index is 0.213. The highest BCUT2D eigenvalue weighted by molar-refractivity contribution is 6.30. The number of anilines is 1. The number of carbonyl (C=O) groups excluding carboxylic acids is 1. The van der Waals surface area contributed by atoms with Gasteiger partial charge in [-0.2, -0.15) is 0 Å². The van der Waals surface area contributed by atoms with Crippen molar-refractivity contribution in [2.75, 3.05) is 12.4 Å². The lowest BCUT2D eigenvalue weighted by atomic mass is 9.81. The zero-order valence-corrected chi connectivity index (χ0v) is 14.7. The fraction of sp³-hybridized carbons (Fsp3) is 0.588. The fourth-order valence-corrected chi connectivity index (χ4v) is 4.03. The molecular formula is C17H22ClN3O3. The molecule has 0 unspecified atom stereocenters. The second kappa shape index (κ2) is 6.24. The molecule has 0 bridgehead atoms. The van der Waals surface area contributed by atoms with Crippen LogP contribution in [0.1, 0.15) is 50.8 Å². The Kier molecular flexibility index (Phi) is 4.42. The predicted molar refractivity (Wildman–Crippen MR) is 92.6 cm³/mol. The van der Waals surface area contributed by atoms with E-state index in [9.17, 15) is 9.59 Å². The minimum atomic E-state index is -0.690. The number of halogens is 1. The summed E-state index contributed by atoms with van der Waals surface area (Å²) in [4.78, 5) is 29.5. The summed E-state index contributed by atoms with van der Waals surface area (Å²) in [6.45, 7) is 5.75. The smallest absolute Gasteiger partial charge is 0.329 e. The van der Waals surface area contributed by atoms with Gasteiger partial charge in [0.05, 0.1) is 12.8 Å². The van der Waals surface area contributed by atoms with Crippen LogP contribution in [-0.2, 0) is 14.9 Å². The van der Waals surface area contributed by atoms with Gasteiger partial charge in [-0.1, -0.05) is 24.6 Å². The van der Waals surface area contributed by atoms with E-state index in [0.29, 0.717) is 18.5 Å². The lowest BCUT2D eigenvalue weighted by Gasteiger charge is -2.27. The topological polar surface area (TPSA) is 73.2 Å². The van der Waals surface area contributed by atoms with Crippen LogP contribution in [0, 0.1) is 0 Å². The molecular weight excluding hydrogens is 330 g/mol. The maximum atomic E-state index is 13.0. The largest absolute Gasteiger partial charge is 0.467 e. The molecule has 2 atom stereocenters. The quantitative estimate of drug-likeness (QED) is 0.652. The van der Waals surface area contributed by atoms with Crippen molar-refractivity contribution in [2.24, 2.45) is 0 Å². The maximum Gasteiger partial charge on any atom is 0.329 e. The molecule has 1 fully saturated rings. The Morgan fingerprint density at radius 2 is 2.29 bits per heavy atom. The summed E-state index contributed by atoms with van der Waals surface area (Å²) in [7, 11) is 1.33. The second-order valence-corrected chi connectivity index (χ2v) is 7.20. The number of hydrogen-bond donors (Lipinski definition) is 1. The summed E-state index contributed by atoms with van der Waals surface area (Å²) in [6, 6.07) is -0.442. The number of nitrogens with zero attached hydrogens (tertiary/aromatic N) is 2. The van der Waals surface area contributed by atoms with Crippen LogP contribution < -0.4 is 10.9 Å². The van der Waals surface area contributed by atoms with Crippen LogP contribution >= 0.6 is 11.6 Å². The highest BCUT2D eigenvalue weighted by atomic mass is 35.5. The molecule has 24 heavy (non-hydrogen) atoms. The van der Waals surface area contributed by atoms with Gasteiger partial charge >= 0.3 is 5.97 Å². The third kappa shape index (κ3) is 2.62. The highest BCUT2D eigenvalue weighted by Crippen LogP contribution is 2.46. The first-order valence-corrected chi connectivity index (χ1v) is 8.57. The first-order valence-electron chi connectivity index (χ1n) is 8.19. The van der Waals surface area contributed by atoms with E-state index < -0.39 is 17.4 Å². The van der Waals surface area contributed by atoms with Crippen LogP contribution in [0.2, 0.25) is 5.15 Å². The SMILES string of the molecule is C=CC[C@]1(C)C[C@@H](C(=O)OC)n2c1c(Cl)nc(NC1CCC1)c2=O. The number of allylic oxidation sites excluding steroid dienone is 1. The number of hydrogen-bond acceptors (Lipinski definition) is 5. The average molecular weight is 352 g/mol. The van der Waals surface area contributed by atoms with Crippen molar-refractivity contribution in [1.82, 2.24) is 9.55 Å². The maximum absolute atomic E-state index is 13.0. The molecule has 2 aliphatic rings. The molecule has 1 saturated carbocycles. The van der Waals surface area contributed by atoms with Gasteiger partial charge in [-0.15, -0.1) is 6.58 Å². The number of carbonyl (C=O) groups is 1. The van der Waals surface area contributed by atoms with Gasteiger partial charge in [-0.05, 0) is 32.1 Å². The van der Waals surface area contributed by atoms with E-state index in [1.807, 2.05) is 6.92 Å². The molecule has 2 heterocycles. The lowest BCUT2D eigenvalue weighted by Crippen LogP contribution is -2.36. The Labute approximate surface area is 145 Å². The molecule has 130 valence electrons. The summed E-state index contributed by atoms with van der Waals surface area (Å²) in [5, 5.41) is 3.41.